The molecule has 31 heavy (non-hydrogen) atoms. The number of hydrogen-bond acceptors (Lipinski definition) is 6. The van der Waals surface area contributed by atoms with E-state index in [2.05, 4.69) is 58.6 Å². The molecule has 2 aromatic heterocycles. The highest BCUT2D eigenvalue weighted by Crippen LogP contribution is 2.25. The molecule has 0 fully saturated rings. The molecular formula is C23H25N5OS2. The van der Waals surface area contributed by atoms with Crippen LogP contribution in [0.2, 0.25) is 0 Å². The first-order valence-electron chi connectivity index (χ1n) is 10.2. The number of nitrogens with one attached hydrogen (secondary N) is 1. The zero-order chi connectivity index (χ0) is 21.8. The summed E-state index contributed by atoms with van der Waals surface area (Å²) in [6.07, 6.45) is 1.74. The summed E-state index contributed by atoms with van der Waals surface area (Å²) < 4.78 is 3.23. The lowest BCUT2D eigenvalue weighted by molar-refractivity contribution is -0.118. The van der Waals surface area contributed by atoms with Gasteiger partial charge in [-0.1, -0.05) is 36.0 Å². The molecular weight excluding hydrogens is 426 g/mol. The van der Waals surface area contributed by atoms with Crippen molar-refractivity contribution in [3.05, 3.63) is 64.4 Å². The average Bonchev–Trinajstić information content (AvgIpc) is 3.34. The normalized spacial score (nSPS) is 11.2. The maximum absolute atomic E-state index is 12.3. The molecule has 4 aromatic rings. The van der Waals surface area contributed by atoms with Crippen molar-refractivity contribution < 1.29 is 4.79 Å². The second-order valence-electron chi connectivity index (χ2n) is 7.47. The summed E-state index contributed by atoms with van der Waals surface area (Å²) in [7, 11) is 0. The highest BCUT2D eigenvalue weighted by atomic mass is 32.2. The summed E-state index contributed by atoms with van der Waals surface area (Å²) in [5, 5.41) is 13.4. The molecule has 0 spiro atoms. The van der Waals surface area contributed by atoms with E-state index in [0.717, 1.165) is 45.6 Å². The van der Waals surface area contributed by atoms with Crippen molar-refractivity contribution in [3.8, 4) is 5.69 Å². The summed E-state index contributed by atoms with van der Waals surface area (Å²) in [6.45, 7) is 6.71. The van der Waals surface area contributed by atoms with Gasteiger partial charge in [-0.2, -0.15) is 0 Å². The Hall–Kier alpha value is -2.71. The van der Waals surface area contributed by atoms with Crippen molar-refractivity contribution in [1.29, 1.82) is 0 Å². The van der Waals surface area contributed by atoms with Crippen molar-refractivity contribution in [3.63, 3.8) is 0 Å². The monoisotopic (exact) mass is 451 g/mol. The van der Waals surface area contributed by atoms with E-state index in [1.807, 2.05) is 29.7 Å². The smallest absolute Gasteiger partial charge is 0.230 e. The molecule has 0 aliphatic heterocycles. The number of aromatic nitrogens is 4. The predicted octanol–water partition coefficient (Wildman–Crippen LogP) is 4.64. The molecule has 0 saturated heterocycles. The number of carbonyl (C=O) groups excluding carboxylic acids is 1. The Morgan fingerprint density at radius 2 is 1.97 bits per heavy atom. The van der Waals surface area contributed by atoms with Gasteiger partial charge in [-0.3, -0.25) is 9.36 Å². The number of amides is 1. The Morgan fingerprint density at radius 1 is 1.13 bits per heavy atom. The number of aryl methyl sites for hydroxylation is 4. The van der Waals surface area contributed by atoms with Gasteiger partial charge in [-0.05, 0) is 56.5 Å². The number of fused-ring (bicyclic) bond motifs is 1. The van der Waals surface area contributed by atoms with E-state index < -0.39 is 0 Å². The molecule has 2 heterocycles. The van der Waals surface area contributed by atoms with Crippen molar-refractivity contribution in [2.24, 2.45) is 0 Å². The van der Waals surface area contributed by atoms with Crippen molar-refractivity contribution >= 4 is 39.2 Å². The van der Waals surface area contributed by atoms with E-state index in [1.54, 1.807) is 11.3 Å². The fourth-order valence-corrected chi connectivity index (χ4v) is 5.18. The first-order valence-corrected chi connectivity index (χ1v) is 12.0. The lowest BCUT2D eigenvalue weighted by Gasteiger charge is -2.12. The zero-order valence-electron chi connectivity index (χ0n) is 17.9. The first kappa shape index (κ1) is 21.5. The van der Waals surface area contributed by atoms with Crippen LogP contribution in [-0.2, 0) is 11.2 Å². The molecule has 0 radical (unpaired) electrons. The summed E-state index contributed by atoms with van der Waals surface area (Å²) in [6, 6.07) is 14.5. The second-order valence-corrected chi connectivity index (χ2v) is 9.53. The predicted molar refractivity (Wildman–Crippen MR) is 127 cm³/mol. The minimum Gasteiger partial charge on any atom is -0.355 e. The summed E-state index contributed by atoms with van der Waals surface area (Å²) in [5.74, 6) is 1.12. The molecule has 160 valence electrons. The highest BCUT2D eigenvalue weighted by Gasteiger charge is 2.15. The van der Waals surface area contributed by atoms with Crippen LogP contribution in [0.15, 0.2) is 47.6 Å². The molecule has 1 N–H and O–H groups in total. The first-order chi connectivity index (χ1) is 15.0. The molecule has 0 saturated carbocycles. The van der Waals surface area contributed by atoms with Gasteiger partial charge in [-0.15, -0.1) is 21.5 Å². The van der Waals surface area contributed by atoms with Gasteiger partial charge in [0.15, 0.2) is 5.16 Å². The number of benzene rings is 2. The Morgan fingerprint density at radius 3 is 2.81 bits per heavy atom. The molecule has 1 amide bonds. The summed E-state index contributed by atoms with van der Waals surface area (Å²) in [4.78, 5) is 17.0. The summed E-state index contributed by atoms with van der Waals surface area (Å²) >= 11 is 3.13. The Balaban J connectivity index is 1.29. The van der Waals surface area contributed by atoms with Crippen molar-refractivity contribution in [2.45, 2.75) is 38.8 Å². The third-order valence-corrected chi connectivity index (χ3v) is 6.99. The molecule has 0 aliphatic rings. The van der Waals surface area contributed by atoms with Crippen LogP contribution in [0.5, 0.6) is 0 Å². The van der Waals surface area contributed by atoms with E-state index in [4.69, 9.17) is 0 Å². The Bertz CT molecular complexity index is 1180. The molecule has 2 aromatic carbocycles. The minimum absolute atomic E-state index is 0.00228. The number of nitrogens with zero attached hydrogens (tertiary/aromatic N) is 4. The van der Waals surface area contributed by atoms with E-state index in [0.29, 0.717) is 12.3 Å². The van der Waals surface area contributed by atoms with Crippen LogP contribution in [0.3, 0.4) is 0 Å². The van der Waals surface area contributed by atoms with Gasteiger partial charge >= 0.3 is 0 Å². The van der Waals surface area contributed by atoms with Crippen LogP contribution in [0.1, 0.15) is 28.4 Å². The van der Waals surface area contributed by atoms with Gasteiger partial charge in [0.1, 0.15) is 5.82 Å². The fraction of sp³-hybridized carbons (Fsp3) is 0.304. The molecule has 0 unspecified atom stereocenters. The lowest BCUT2D eigenvalue weighted by Crippen LogP contribution is -2.26. The van der Waals surface area contributed by atoms with Crippen molar-refractivity contribution in [2.75, 3.05) is 12.3 Å². The van der Waals surface area contributed by atoms with E-state index in [-0.39, 0.29) is 5.91 Å². The van der Waals surface area contributed by atoms with Crippen LogP contribution in [-0.4, -0.2) is 38.0 Å². The van der Waals surface area contributed by atoms with Crippen LogP contribution in [0, 0.1) is 20.8 Å². The standard InChI is InChI=1S/C23H25N5OS2/c1-15-10-11-16(2)19(13-15)28-17(3)26-27-23(28)30-14-21(29)24-12-6-9-22-25-18-7-4-5-8-20(18)31-22/h4-5,7-8,10-11,13H,6,9,12,14H2,1-3H3,(H,24,29). The lowest BCUT2D eigenvalue weighted by atomic mass is 10.1. The van der Waals surface area contributed by atoms with Crippen LogP contribution in [0.25, 0.3) is 15.9 Å². The van der Waals surface area contributed by atoms with Crippen molar-refractivity contribution in [1.82, 2.24) is 25.1 Å². The van der Waals surface area contributed by atoms with Crippen LogP contribution < -0.4 is 5.32 Å². The number of rotatable bonds is 8. The number of thioether (sulfide) groups is 1. The second kappa shape index (κ2) is 9.62. The van der Waals surface area contributed by atoms with Gasteiger partial charge in [0.25, 0.3) is 0 Å². The average molecular weight is 452 g/mol. The number of thiazole rings is 1. The molecule has 8 heteroatoms. The van der Waals surface area contributed by atoms with Gasteiger partial charge in [0, 0.05) is 13.0 Å². The fourth-order valence-electron chi connectivity index (χ4n) is 3.35. The number of hydrogen-bond donors (Lipinski definition) is 1. The van der Waals surface area contributed by atoms with Crippen LogP contribution in [0.4, 0.5) is 0 Å². The SMILES string of the molecule is Cc1ccc(C)c(-n2c(C)nnc2SCC(=O)NCCCc2nc3ccccc3s2)c1. The quantitative estimate of drug-likeness (QED) is 0.312. The maximum Gasteiger partial charge on any atom is 0.230 e. The largest absolute Gasteiger partial charge is 0.355 e. The van der Waals surface area contributed by atoms with Gasteiger partial charge in [-0.25, -0.2) is 4.98 Å². The van der Waals surface area contributed by atoms with Crippen LogP contribution >= 0.6 is 23.1 Å². The highest BCUT2D eigenvalue weighted by molar-refractivity contribution is 7.99. The van der Waals surface area contributed by atoms with E-state index in [9.17, 15) is 4.79 Å². The molecule has 0 bridgehead atoms. The van der Waals surface area contributed by atoms with Gasteiger partial charge in [0.05, 0.1) is 26.7 Å². The molecule has 0 aliphatic carbocycles. The van der Waals surface area contributed by atoms with Gasteiger partial charge in [0.2, 0.25) is 5.91 Å². The van der Waals surface area contributed by atoms with Gasteiger partial charge < -0.3 is 5.32 Å². The minimum atomic E-state index is 0.00228. The number of carbonyl (C=O) groups is 1. The third-order valence-electron chi connectivity index (χ3n) is 4.96. The Kier molecular flexibility index (Phi) is 6.67. The van der Waals surface area contributed by atoms with E-state index in [1.165, 1.54) is 22.0 Å². The topological polar surface area (TPSA) is 72.7 Å². The number of para-hydroxylation sites is 1. The summed E-state index contributed by atoms with van der Waals surface area (Å²) in [5.41, 5.74) is 4.43. The molecule has 4 rings (SSSR count). The third kappa shape index (κ3) is 5.14. The Labute approximate surface area is 190 Å². The molecule has 0 atom stereocenters. The van der Waals surface area contributed by atoms with E-state index >= 15 is 0 Å². The zero-order valence-corrected chi connectivity index (χ0v) is 19.5. The maximum atomic E-state index is 12.3. The molecule has 6 nitrogen and oxygen atoms in total.